The van der Waals surface area contributed by atoms with Gasteiger partial charge in [-0.25, -0.2) is 8.78 Å². The van der Waals surface area contributed by atoms with E-state index in [1.54, 1.807) is 9.80 Å². The Bertz CT molecular complexity index is 843. The number of nitrogens with zero attached hydrogens (tertiary/aromatic N) is 2. The van der Waals surface area contributed by atoms with Crippen molar-refractivity contribution < 1.29 is 23.2 Å². The molecule has 0 aliphatic carbocycles. The van der Waals surface area contributed by atoms with Gasteiger partial charge in [-0.15, -0.1) is 0 Å². The lowest BCUT2D eigenvalue weighted by molar-refractivity contribution is -0.119. The van der Waals surface area contributed by atoms with Gasteiger partial charge in [0.2, 0.25) is 6.41 Å². The Morgan fingerprint density at radius 1 is 0.889 bits per heavy atom. The van der Waals surface area contributed by atoms with Gasteiger partial charge < -0.3 is 15.1 Å². The predicted molar refractivity (Wildman–Crippen MR) is 94.3 cm³/mol. The maximum Gasteiger partial charge on any atom is 0.255 e. The van der Waals surface area contributed by atoms with Crippen LogP contribution in [-0.2, 0) is 4.79 Å². The van der Waals surface area contributed by atoms with E-state index in [0.29, 0.717) is 31.7 Å². The molecular formula is C19H17F2N3O3. The Hall–Kier alpha value is -3.29. The molecule has 2 aromatic carbocycles. The fourth-order valence-electron chi connectivity index (χ4n) is 2.78. The van der Waals surface area contributed by atoms with Crippen LogP contribution in [0.4, 0.5) is 14.5 Å². The summed E-state index contributed by atoms with van der Waals surface area (Å²) in [5, 5.41) is 2.20. The molecule has 1 N–H and O–H groups in total. The zero-order valence-electron chi connectivity index (χ0n) is 14.3. The first-order chi connectivity index (χ1) is 13.0. The lowest BCUT2D eigenvalue weighted by Crippen LogP contribution is -2.48. The molecule has 1 aliphatic heterocycles. The van der Waals surface area contributed by atoms with Crippen molar-refractivity contribution >= 4 is 23.9 Å². The van der Waals surface area contributed by atoms with Crippen molar-refractivity contribution in [3.05, 3.63) is 65.2 Å². The summed E-state index contributed by atoms with van der Waals surface area (Å²) in [7, 11) is 0. The molecule has 6 nitrogen and oxygen atoms in total. The second-order valence-electron chi connectivity index (χ2n) is 6.06. The first kappa shape index (κ1) is 18.5. The molecule has 3 amide bonds. The van der Waals surface area contributed by atoms with Crippen molar-refractivity contribution in [1.82, 2.24) is 9.80 Å². The largest absolute Gasteiger partial charge is 0.342 e. The highest BCUT2D eigenvalue weighted by atomic mass is 19.1. The second-order valence-corrected chi connectivity index (χ2v) is 6.06. The summed E-state index contributed by atoms with van der Waals surface area (Å²) in [6.07, 6.45) is 0.758. The van der Waals surface area contributed by atoms with Crippen molar-refractivity contribution in [2.75, 3.05) is 31.5 Å². The molecule has 2 aromatic rings. The number of benzene rings is 2. The predicted octanol–water partition coefficient (Wildman–Crippen LogP) is 2.13. The number of anilines is 1. The molecule has 1 saturated heterocycles. The zero-order chi connectivity index (χ0) is 19.4. The maximum atomic E-state index is 13.6. The summed E-state index contributed by atoms with van der Waals surface area (Å²) >= 11 is 0. The quantitative estimate of drug-likeness (QED) is 0.835. The monoisotopic (exact) mass is 373 g/mol. The molecule has 0 saturated carbocycles. The van der Waals surface area contributed by atoms with E-state index in [0.717, 1.165) is 18.5 Å². The summed E-state index contributed by atoms with van der Waals surface area (Å²) in [6, 6.07) is 9.11. The van der Waals surface area contributed by atoms with Crippen LogP contribution in [-0.4, -0.2) is 54.2 Å². The van der Waals surface area contributed by atoms with Crippen molar-refractivity contribution in [2.24, 2.45) is 0 Å². The topological polar surface area (TPSA) is 69.7 Å². The highest BCUT2D eigenvalue weighted by Crippen LogP contribution is 2.19. The Balaban J connectivity index is 1.67. The van der Waals surface area contributed by atoms with Gasteiger partial charge in [0, 0.05) is 37.3 Å². The van der Waals surface area contributed by atoms with Crippen LogP contribution in [0.3, 0.4) is 0 Å². The average molecular weight is 373 g/mol. The van der Waals surface area contributed by atoms with Crippen LogP contribution in [0, 0.1) is 11.6 Å². The first-order valence-electron chi connectivity index (χ1n) is 8.33. The zero-order valence-corrected chi connectivity index (χ0v) is 14.3. The minimum absolute atomic E-state index is 0.167. The molecule has 140 valence electrons. The van der Waals surface area contributed by atoms with Crippen molar-refractivity contribution in [3.63, 3.8) is 0 Å². The van der Waals surface area contributed by atoms with E-state index < -0.39 is 23.2 Å². The number of amides is 3. The molecule has 1 aliphatic rings. The number of rotatable bonds is 4. The van der Waals surface area contributed by atoms with Gasteiger partial charge >= 0.3 is 0 Å². The molecule has 8 heteroatoms. The van der Waals surface area contributed by atoms with Crippen LogP contribution in [0.25, 0.3) is 0 Å². The van der Waals surface area contributed by atoms with E-state index in [-0.39, 0.29) is 11.5 Å². The summed E-state index contributed by atoms with van der Waals surface area (Å²) < 4.78 is 27.3. The number of hydrogen-bond donors (Lipinski definition) is 1. The number of para-hydroxylation sites is 1. The minimum atomic E-state index is -0.871. The van der Waals surface area contributed by atoms with E-state index in [9.17, 15) is 23.2 Å². The fourth-order valence-corrected chi connectivity index (χ4v) is 2.78. The maximum absolute atomic E-state index is 13.6. The van der Waals surface area contributed by atoms with Gasteiger partial charge in [-0.2, -0.15) is 0 Å². The standard InChI is InChI=1S/C19H17F2N3O3/c20-15-2-1-3-16(21)17(15)22-18(26)13-4-6-14(7-5-13)19(27)24-10-8-23(12-25)9-11-24/h1-7,12H,8-11H2,(H,22,26). The summed E-state index contributed by atoms with van der Waals surface area (Å²) in [5.41, 5.74) is 0.0406. The first-order valence-corrected chi connectivity index (χ1v) is 8.33. The summed E-state index contributed by atoms with van der Waals surface area (Å²) in [5.74, 6) is -2.63. The lowest BCUT2D eigenvalue weighted by atomic mass is 10.1. The SMILES string of the molecule is O=CN1CCN(C(=O)c2ccc(C(=O)Nc3c(F)cccc3F)cc2)CC1. The van der Waals surface area contributed by atoms with Gasteiger partial charge in [-0.3, -0.25) is 14.4 Å². The van der Waals surface area contributed by atoms with Crippen LogP contribution in [0.15, 0.2) is 42.5 Å². The smallest absolute Gasteiger partial charge is 0.255 e. The number of hydrogen-bond acceptors (Lipinski definition) is 3. The molecular weight excluding hydrogens is 356 g/mol. The van der Waals surface area contributed by atoms with Crippen LogP contribution in [0.2, 0.25) is 0 Å². The summed E-state index contributed by atoms with van der Waals surface area (Å²) in [4.78, 5) is 38.6. The third-order valence-corrected chi connectivity index (χ3v) is 4.35. The van der Waals surface area contributed by atoms with Gasteiger partial charge in [-0.1, -0.05) is 6.07 Å². The van der Waals surface area contributed by atoms with Crippen molar-refractivity contribution in [3.8, 4) is 0 Å². The van der Waals surface area contributed by atoms with Crippen molar-refractivity contribution in [2.45, 2.75) is 0 Å². The van der Waals surface area contributed by atoms with Crippen LogP contribution in [0.5, 0.6) is 0 Å². The number of piperazine rings is 1. The fraction of sp³-hybridized carbons (Fsp3) is 0.211. The Labute approximate surface area is 154 Å². The van der Waals surface area contributed by atoms with Crippen LogP contribution < -0.4 is 5.32 Å². The minimum Gasteiger partial charge on any atom is -0.342 e. The van der Waals surface area contributed by atoms with E-state index in [2.05, 4.69) is 5.32 Å². The lowest BCUT2D eigenvalue weighted by Gasteiger charge is -2.32. The van der Waals surface area contributed by atoms with E-state index in [1.165, 1.54) is 30.3 Å². The number of carbonyl (C=O) groups is 3. The van der Waals surface area contributed by atoms with E-state index >= 15 is 0 Å². The molecule has 3 rings (SSSR count). The Kier molecular flexibility index (Phi) is 5.44. The van der Waals surface area contributed by atoms with Crippen LogP contribution >= 0.6 is 0 Å². The molecule has 0 aromatic heterocycles. The van der Waals surface area contributed by atoms with Gasteiger partial charge in [0.05, 0.1) is 0 Å². The molecule has 1 fully saturated rings. The second kappa shape index (κ2) is 7.94. The van der Waals surface area contributed by atoms with E-state index in [1.807, 2.05) is 0 Å². The normalized spacial score (nSPS) is 14.0. The number of nitrogens with one attached hydrogen (secondary N) is 1. The molecule has 27 heavy (non-hydrogen) atoms. The molecule has 0 bridgehead atoms. The molecule has 0 unspecified atom stereocenters. The van der Waals surface area contributed by atoms with Gasteiger partial charge in [0.1, 0.15) is 17.3 Å². The number of carbonyl (C=O) groups excluding carboxylic acids is 3. The van der Waals surface area contributed by atoms with Crippen LogP contribution in [0.1, 0.15) is 20.7 Å². The van der Waals surface area contributed by atoms with Gasteiger partial charge in [0.25, 0.3) is 11.8 Å². The van der Waals surface area contributed by atoms with Crippen molar-refractivity contribution in [1.29, 1.82) is 0 Å². The molecule has 0 atom stereocenters. The molecule has 0 radical (unpaired) electrons. The Morgan fingerprint density at radius 2 is 1.44 bits per heavy atom. The summed E-state index contributed by atoms with van der Waals surface area (Å²) in [6.45, 7) is 1.83. The highest BCUT2D eigenvalue weighted by Gasteiger charge is 2.21. The van der Waals surface area contributed by atoms with E-state index in [4.69, 9.17) is 0 Å². The number of halogens is 2. The molecule has 0 spiro atoms. The third-order valence-electron chi connectivity index (χ3n) is 4.35. The average Bonchev–Trinajstić information content (AvgIpc) is 2.70. The molecule has 1 heterocycles. The van der Waals surface area contributed by atoms with Gasteiger partial charge in [-0.05, 0) is 36.4 Å². The highest BCUT2D eigenvalue weighted by molar-refractivity contribution is 6.05. The third kappa shape index (κ3) is 4.11. The van der Waals surface area contributed by atoms with Gasteiger partial charge in [0.15, 0.2) is 0 Å². The Morgan fingerprint density at radius 3 is 2.00 bits per heavy atom.